The van der Waals surface area contributed by atoms with Crippen LogP contribution in [0, 0.1) is 21.1 Å². The minimum absolute atomic E-state index is 0.246. The molecule has 1 N–H and O–H groups in total. The molecule has 0 aliphatic heterocycles. The number of imidazole rings is 1. The number of aromatic amines is 1. The first kappa shape index (κ1) is 14.2. The summed E-state index contributed by atoms with van der Waals surface area (Å²) in [6, 6.07) is 9.26. The molecule has 20 heavy (non-hydrogen) atoms. The number of hydrogen-bond acceptors (Lipinski definition) is 1. The summed E-state index contributed by atoms with van der Waals surface area (Å²) < 4.78 is 17.7. The van der Waals surface area contributed by atoms with Gasteiger partial charge in [-0.15, -0.1) is 0 Å². The topological polar surface area (TPSA) is 20.7 Å². The van der Waals surface area contributed by atoms with E-state index in [1.54, 1.807) is 6.07 Å². The van der Waals surface area contributed by atoms with Crippen LogP contribution in [0.1, 0.15) is 5.56 Å². The van der Waals surface area contributed by atoms with Gasteiger partial charge in [0.2, 0.25) is 0 Å². The van der Waals surface area contributed by atoms with Crippen LogP contribution in [0.4, 0.5) is 4.39 Å². The molecular formula is C14H9BrFIN2S. The zero-order valence-electron chi connectivity index (χ0n) is 10.4. The lowest BCUT2D eigenvalue weighted by Crippen LogP contribution is -1.96. The van der Waals surface area contributed by atoms with Gasteiger partial charge in [0.05, 0.1) is 20.3 Å². The van der Waals surface area contributed by atoms with E-state index in [4.69, 9.17) is 12.2 Å². The second kappa shape index (κ2) is 5.23. The fourth-order valence-corrected chi connectivity index (χ4v) is 3.58. The van der Waals surface area contributed by atoms with Gasteiger partial charge in [-0.2, -0.15) is 0 Å². The van der Waals surface area contributed by atoms with Crippen molar-refractivity contribution in [2.75, 3.05) is 0 Å². The Hall–Kier alpha value is -0.730. The van der Waals surface area contributed by atoms with Crippen molar-refractivity contribution in [3.63, 3.8) is 0 Å². The molecule has 0 unspecified atom stereocenters. The third kappa shape index (κ3) is 2.33. The third-order valence-corrected chi connectivity index (χ3v) is 4.81. The normalized spacial score (nSPS) is 11.2. The molecule has 0 amide bonds. The Balaban J connectivity index is 2.39. The number of aromatic nitrogens is 2. The van der Waals surface area contributed by atoms with Crippen molar-refractivity contribution >= 4 is 61.8 Å². The lowest BCUT2D eigenvalue weighted by atomic mass is 10.2. The lowest BCUT2D eigenvalue weighted by Gasteiger charge is -2.08. The number of rotatable bonds is 1. The highest BCUT2D eigenvalue weighted by molar-refractivity contribution is 14.1. The predicted octanol–water partition coefficient (Wildman–Crippen LogP) is 5.50. The van der Waals surface area contributed by atoms with Gasteiger partial charge in [-0.1, -0.05) is 6.07 Å². The van der Waals surface area contributed by atoms with E-state index in [2.05, 4.69) is 20.9 Å². The van der Waals surface area contributed by atoms with E-state index in [0.29, 0.717) is 8.34 Å². The van der Waals surface area contributed by atoms with Gasteiger partial charge >= 0.3 is 0 Å². The fraction of sp³-hybridized carbons (Fsp3) is 0.0714. The second-order valence-corrected chi connectivity index (χ2v) is 6.91. The Morgan fingerprint density at radius 2 is 2.05 bits per heavy atom. The van der Waals surface area contributed by atoms with Gasteiger partial charge in [0.1, 0.15) is 5.82 Å². The van der Waals surface area contributed by atoms with Crippen LogP contribution in [0.25, 0.3) is 16.7 Å². The highest BCUT2D eigenvalue weighted by Crippen LogP contribution is 2.28. The van der Waals surface area contributed by atoms with Crippen molar-refractivity contribution in [1.82, 2.24) is 9.55 Å². The minimum Gasteiger partial charge on any atom is -0.330 e. The monoisotopic (exact) mass is 462 g/mol. The molecule has 0 aliphatic rings. The summed E-state index contributed by atoms with van der Waals surface area (Å²) in [7, 11) is 0. The Labute approximate surface area is 142 Å². The summed E-state index contributed by atoms with van der Waals surface area (Å²) in [6.45, 7) is 2.02. The van der Waals surface area contributed by atoms with Crippen LogP contribution < -0.4 is 0 Å². The summed E-state index contributed by atoms with van der Waals surface area (Å²) in [5.74, 6) is -0.246. The van der Waals surface area contributed by atoms with Crippen molar-refractivity contribution in [3.05, 3.63) is 54.5 Å². The van der Waals surface area contributed by atoms with Crippen LogP contribution in [-0.4, -0.2) is 9.55 Å². The number of aryl methyl sites for hydroxylation is 1. The average molecular weight is 463 g/mol. The second-order valence-electron chi connectivity index (χ2n) is 4.50. The molecule has 0 radical (unpaired) electrons. The van der Waals surface area contributed by atoms with E-state index in [1.807, 2.05) is 52.3 Å². The molecule has 1 heterocycles. The molecule has 0 aliphatic carbocycles. The fourth-order valence-electron chi connectivity index (χ4n) is 2.13. The van der Waals surface area contributed by atoms with E-state index in [-0.39, 0.29) is 5.82 Å². The molecule has 0 fully saturated rings. The van der Waals surface area contributed by atoms with Crippen LogP contribution in [-0.2, 0) is 0 Å². The van der Waals surface area contributed by atoms with Crippen molar-refractivity contribution in [3.8, 4) is 5.69 Å². The first-order chi connectivity index (χ1) is 9.47. The summed E-state index contributed by atoms with van der Waals surface area (Å²) in [5, 5.41) is 0. The maximum absolute atomic E-state index is 13.8. The molecule has 2 aromatic carbocycles. The molecule has 2 nitrogen and oxygen atoms in total. The maximum atomic E-state index is 13.8. The number of nitrogens with zero attached hydrogens (tertiary/aromatic N) is 1. The Bertz CT molecular complexity index is 885. The molecule has 0 bridgehead atoms. The van der Waals surface area contributed by atoms with Crippen molar-refractivity contribution < 1.29 is 4.39 Å². The SMILES string of the molecule is Cc1ccc(-n2c(=S)[nH]c3cc(I)c(F)cc32)c(Br)c1. The number of fused-ring (bicyclic) bond motifs is 1. The molecule has 3 rings (SSSR count). The highest BCUT2D eigenvalue weighted by atomic mass is 127. The van der Waals surface area contributed by atoms with E-state index < -0.39 is 0 Å². The molecule has 0 spiro atoms. The van der Waals surface area contributed by atoms with Crippen molar-refractivity contribution in [1.29, 1.82) is 0 Å². The minimum atomic E-state index is -0.246. The van der Waals surface area contributed by atoms with E-state index in [0.717, 1.165) is 26.8 Å². The first-order valence-electron chi connectivity index (χ1n) is 5.83. The van der Waals surface area contributed by atoms with Gasteiger partial charge in [0.25, 0.3) is 0 Å². The van der Waals surface area contributed by atoms with E-state index in [1.165, 1.54) is 6.07 Å². The number of halogens is 3. The van der Waals surface area contributed by atoms with Crippen LogP contribution in [0.5, 0.6) is 0 Å². The smallest absolute Gasteiger partial charge is 0.182 e. The molecular weight excluding hydrogens is 454 g/mol. The first-order valence-corrected chi connectivity index (χ1v) is 8.11. The Morgan fingerprint density at radius 1 is 1.30 bits per heavy atom. The summed E-state index contributed by atoms with van der Waals surface area (Å²) in [5.41, 5.74) is 3.60. The van der Waals surface area contributed by atoms with Gasteiger partial charge in [-0.25, -0.2) is 4.39 Å². The Morgan fingerprint density at radius 3 is 2.75 bits per heavy atom. The quantitative estimate of drug-likeness (QED) is 0.374. The summed E-state index contributed by atoms with van der Waals surface area (Å²) >= 11 is 10.9. The Kier molecular flexibility index (Phi) is 3.72. The van der Waals surface area contributed by atoms with Gasteiger partial charge in [0.15, 0.2) is 4.77 Å². The van der Waals surface area contributed by atoms with E-state index >= 15 is 0 Å². The van der Waals surface area contributed by atoms with E-state index in [9.17, 15) is 4.39 Å². The average Bonchev–Trinajstić information content (AvgIpc) is 2.66. The molecule has 102 valence electrons. The van der Waals surface area contributed by atoms with Gasteiger partial charge < -0.3 is 4.98 Å². The third-order valence-electron chi connectivity index (χ3n) is 3.07. The van der Waals surface area contributed by atoms with Gasteiger partial charge in [0, 0.05) is 10.5 Å². The summed E-state index contributed by atoms with van der Waals surface area (Å²) in [4.78, 5) is 3.12. The summed E-state index contributed by atoms with van der Waals surface area (Å²) in [6.07, 6.45) is 0. The molecule has 0 saturated carbocycles. The zero-order chi connectivity index (χ0) is 14.4. The number of nitrogens with one attached hydrogen (secondary N) is 1. The standard InChI is InChI=1S/C14H9BrFIN2S/c1-7-2-3-12(8(15)4-7)19-13-5-9(16)10(17)6-11(13)18-14(19)20/h2-6H,1H3,(H,18,20). The largest absolute Gasteiger partial charge is 0.330 e. The van der Waals surface area contributed by atoms with Crippen molar-refractivity contribution in [2.24, 2.45) is 0 Å². The molecule has 6 heteroatoms. The van der Waals surface area contributed by atoms with Crippen LogP contribution in [0.3, 0.4) is 0 Å². The van der Waals surface area contributed by atoms with Crippen LogP contribution >= 0.6 is 50.7 Å². The maximum Gasteiger partial charge on any atom is 0.182 e. The highest BCUT2D eigenvalue weighted by Gasteiger charge is 2.12. The number of H-pyrrole nitrogens is 1. The molecule has 0 saturated heterocycles. The number of benzene rings is 2. The lowest BCUT2D eigenvalue weighted by molar-refractivity contribution is 0.622. The number of hydrogen-bond donors (Lipinski definition) is 1. The van der Waals surface area contributed by atoms with Crippen LogP contribution in [0.15, 0.2) is 34.8 Å². The van der Waals surface area contributed by atoms with Crippen LogP contribution in [0.2, 0.25) is 0 Å². The van der Waals surface area contributed by atoms with Crippen molar-refractivity contribution in [2.45, 2.75) is 6.92 Å². The van der Waals surface area contributed by atoms with Gasteiger partial charge in [-0.05, 0) is 81.4 Å². The van der Waals surface area contributed by atoms with Gasteiger partial charge in [-0.3, -0.25) is 4.57 Å². The zero-order valence-corrected chi connectivity index (χ0v) is 14.9. The molecule has 0 atom stereocenters. The predicted molar refractivity (Wildman–Crippen MR) is 93.6 cm³/mol. The molecule has 3 aromatic rings. The molecule has 1 aromatic heterocycles.